The Hall–Kier alpha value is -3.73. The van der Waals surface area contributed by atoms with Gasteiger partial charge in [-0.25, -0.2) is 0 Å². The van der Waals surface area contributed by atoms with Crippen LogP contribution in [0.25, 0.3) is 0 Å². The standard InChI is InChI=1S/C40H51F9O8/c1-9-35(6,32(52)57-34(4,5)25-13-11-10-12-14-25)22-24(23-15-16-29(50)30(17-23)55-8)21-33(2,3)31(51)56-28-19-26(36(7,53)38(41,42)43)18-27(20-28)37(54,39(44,45)46)40(47,48)49/h10-17,24,26-28,50,53-54H,9,18-22H2,1-8H3. The van der Waals surface area contributed by atoms with Crippen LogP contribution in [-0.2, 0) is 24.7 Å². The molecule has 1 saturated carbocycles. The first-order valence-corrected chi connectivity index (χ1v) is 18.3. The van der Waals surface area contributed by atoms with E-state index in [1.54, 1.807) is 58.0 Å². The second kappa shape index (κ2) is 16.5. The van der Waals surface area contributed by atoms with Gasteiger partial charge in [0.1, 0.15) is 11.7 Å². The molecule has 0 amide bonds. The van der Waals surface area contributed by atoms with Gasteiger partial charge in [-0.3, -0.25) is 9.59 Å². The molecule has 0 aliphatic heterocycles. The lowest BCUT2D eigenvalue weighted by Crippen LogP contribution is -2.64. The molecule has 3 rings (SSSR count). The van der Waals surface area contributed by atoms with Crippen LogP contribution in [-0.4, -0.2) is 70.2 Å². The average Bonchev–Trinajstić information content (AvgIpc) is 3.09. The molecule has 1 aliphatic rings. The van der Waals surface area contributed by atoms with Crippen LogP contribution in [0.1, 0.15) is 104 Å². The second-order valence-electron chi connectivity index (χ2n) is 16.6. The molecule has 1 fully saturated rings. The number of aliphatic hydroxyl groups is 2. The third kappa shape index (κ3) is 10.1. The van der Waals surface area contributed by atoms with Crippen LogP contribution in [0.4, 0.5) is 39.5 Å². The number of ether oxygens (including phenoxy) is 3. The minimum absolute atomic E-state index is 0.00985. The van der Waals surface area contributed by atoms with Crippen LogP contribution in [0.2, 0.25) is 0 Å². The van der Waals surface area contributed by atoms with Crippen molar-refractivity contribution in [2.24, 2.45) is 22.7 Å². The number of esters is 2. The van der Waals surface area contributed by atoms with Crippen LogP contribution < -0.4 is 4.74 Å². The maximum Gasteiger partial charge on any atom is 0.426 e. The van der Waals surface area contributed by atoms with E-state index in [0.29, 0.717) is 11.1 Å². The smallest absolute Gasteiger partial charge is 0.426 e. The first-order valence-electron chi connectivity index (χ1n) is 18.3. The van der Waals surface area contributed by atoms with Gasteiger partial charge >= 0.3 is 30.5 Å². The molecule has 0 bridgehead atoms. The number of methoxy groups -OCH3 is 1. The highest BCUT2D eigenvalue weighted by Gasteiger charge is 2.75. The molecule has 57 heavy (non-hydrogen) atoms. The molecular weight excluding hydrogens is 779 g/mol. The van der Waals surface area contributed by atoms with Crippen LogP contribution in [0.15, 0.2) is 48.5 Å². The van der Waals surface area contributed by atoms with Crippen molar-refractivity contribution in [1.29, 1.82) is 0 Å². The summed E-state index contributed by atoms with van der Waals surface area (Å²) in [6.07, 6.45) is -24.2. The Labute approximate surface area is 325 Å². The fourth-order valence-corrected chi connectivity index (χ4v) is 7.45. The highest BCUT2D eigenvalue weighted by molar-refractivity contribution is 5.78. The van der Waals surface area contributed by atoms with E-state index in [1.165, 1.54) is 39.2 Å². The Morgan fingerprint density at radius 3 is 1.79 bits per heavy atom. The SMILES string of the molecule is CCC(C)(CC(CC(C)(C)C(=O)OC1CC(C(C)(O)C(F)(F)F)CC(C(O)(C(F)(F)F)C(F)(F)F)C1)c1ccc(O)c(OC)c1)C(=O)OC(C)(C)c1ccccc1. The maximum atomic E-state index is 14.0. The number of halogens is 9. The molecule has 3 N–H and O–H groups in total. The van der Waals surface area contributed by atoms with Gasteiger partial charge in [0, 0.05) is 11.8 Å². The summed E-state index contributed by atoms with van der Waals surface area (Å²) in [7, 11) is 1.29. The fraction of sp³-hybridized carbons (Fsp3) is 0.650. The van der Waals surface area contributed by atoms with Crippen molar-refractivity contribution in [1.82, 2.24) is 0 Å². The molecule has 6 atom stereocenters. The van der Waals surface area contributed by atoms with Crippen molar-refractivity contribution in [2.75, 3.05) is 7.11 Å². The molecule has 322 valence electrons. The van der Waals surface area contributed by atoms with Crippen LogP contribution in [0.5, 0.6) is 11.5 Å². The van der Waals surface area contributed by atoms with Crippen LogP contribution >= 0.6 is 0 Å². The Morgan fingerprint density at radius 1 is 0.754 bits per heavy atom. The van der Waals surface area contributed by atoms with Gasteiger partial charge in [0.2, 0.25) is 0 Å². The van der Waals surface area contributed by atoms with E-state index in [9.17, 15) is 64.4 Å². The number of aromatic hydroxyl groups is 1. The first kappa shape index (κ1) is 47.6. The maximum absolute atomic E-state index is 14.0. The zero-order valence-corrected chi connectivity index (χ0v) is 33.0. The monoisotopic (exact) mass is 830 g/mol. The number of phenolic OH excluding ortho intramolecular Hbond substituents is 1. The number of carbonyl (C=O) groups is 2. The lowest BCUT2D eigenvalue weighted by molar-refractivity contribution is -0.391. The average molecular weight is 831 g/mol. The molecule has 8 nitrogen and oxygen atoms in total. The van der Waals surface area contributed by atoms with Gasteiger partial charge in [-0.1, -0.05) is 43.3 Å². The first-order chi connectivity index (χ1) is 25.8. The van der Waals surface area contributed by atoms with E-state index in [0.717, 1.165) is 0 Å². The zero-order chi connectivity index (χ0) is 43.8. The molecule has 2 aromatic rings. The number of rotatable bonds is 14. The van der Waals surface area contributed by atoms with Gasteiger partial charge in [0.15, 0.2) is 17.1 Å². The van der Waals surface area contributed by atoms with Crippen molar-refractivity contribution < 1.29 is 78.6 Å². The molecular formula is C40H51F9O8. The minimum Gasteiger partial charge on any atom is -0.504 e. The number of hydrogen-bond donors (Lipinski definition) is 3. The van der Waals surface area contributed by atoms with Crippen LogP contribution in [0, 0.1) is 22.7 Å². The van der Waals surface area contributed by atoms with E-state index in [-0.39, 0.29) is 37.7 Å². The molecule has 2 aromatic carbocycles. The zero-order valence-electron chi connectivity index (χ0n) is 33.0. The van der Waals surface area contributed by atoms with E-state index in [2.05, 4.69) is 0 Å². The van der Waals surface area contributed by atoms with Gasteiger partial charge in [-0.2, -0.15) is 39.5 Å². The predicted molar refractivity (Wildman–Crippen MR) is 189 cm³/mol. The Balaban J connectivity index is 2.03. The summed E-state index contributed by atoms with van der Waals surface area (Å²) in [4.78, 5) is 27.9. The Morgan fingerprint density at radius 2 is 1.30 bits per heavy atom. The van der Waals surface area contributed by atoms with E-state index < -0.39 is 101 Å². The summed E-state index contributed by atoms with van der Waals surface area (Å²) >= 11 is 0. The summed E-state index contributed by atoms with van der Waals surface area (Å²) < 4.78 is 142. The molecule has 0 radical (unpaired) electrons. The summed E-state index contributed by atoms with van der Waals surface area (Å²) in [5.41, 5.74) is -12.2. The molecule has 0 spiro atoms. The minimum atomic E-state index is -6.41. The lowest BCUT2D eigenvalue weighted by Gasteiger charge is -2.47. The van der Waals surface area contributed by atoms with Gasteiger partial charge in [0.05, 0.1) is 17.9 Å². The van der Waals surface area contributed by atoms with Crippen molar-refractivity contribution >= 4 is 11.9 Å². The molecule has 0 saturated heterocycles. The number of carbonyl (C=O) groups excluding carboxylic acids is 2. The fourth-order valence-electron chi connectivity index (χ4n) is 7.45. The molecule has 1 aliphatic carbocycles. The lowest BCUT2D eigenvalue weighted by atomic mass is 9.66. The van der Waals surface area contributed by atoms with Gasteiger partial charge in [0.25, 0.3) is 5.60 Å². The Bertz CT molecular complexity index is 1690. The van der Waals surface area contributed by atoms with Gasteiger partial charge < -0.3 is 29.5 Å². The summed E-state index contributed by atoms with van der Waals surface area (Å²) in [6, 6.07) is 13.2. The van der Waals surface area contributed by atoms with Crippen molar-refractivity contribution in [3.63, 3.8) is 0 Å². The molecule has 6 unspecified atom stereocenters. The van der Waals surface area contributed by atoms with E-state index >= 15 is 0 Å². The number of hydrogen-bond acceptors (Lipinski definition) is 8. The Kier molecular flexibility index (Phi) is 13.8. The highest BCUT2D eigenvalue weighted by atomic mass is 19.4. The van der Waals surface area contributed by atoms with E-state index in [1.807, 2.05) is 0 Å². The highest BCUT2D eigenvalue weighted by Crippen LogP contribution is 2.55. The predicted octanol–water partition coefficient (Wildman–Crippen LogP) is 9.68. The molecule has 0 aromatic heterocycles. The number of alkyl halides is 9. The normalized spacial score (nSPS) is 21.5. The summed E-state index contributed by atoms with van der Waals surface area (Å²) in [5, 5.41) is 30.9. The van der Waals surface area contributed by atoms with Gasteiger partial charge in [-0.05, 0) is 109 Å². The second-order valence-corrected chi connectivity index (χ2v) is 16.6. The van der Waals surface area contributed by atoms with Crippen molar-refractivity contribution in [2.45, 2.75) is 134 Å². The van der Waals surface area contributed by atoms with Crippen molar-refractivity contribution in [3.8, 4) is 11.5 Å². The van der Waals surface area contributed by atoms with Crippen molar-refractivity contribution in [3.05, 3.63) is 59.7 Å². The summed E-state index contributed by atoms with van der Waals surface area (Å²) in [6.45, 7) is 9.66. The number of benzene rings is 2. The third-order valence-electron chi connectivity index (χ3n) is 11.5. The number of phenols is 1. The molecule has 17 heteroatoms. The topological polar surface area (TPSA) is 123 Å². The third-order valence-corrected chi connectivity index (χ3v) is 11.5. The largest absolute Gasteiger partial charge is 0.504 e. The quantitative estimate of drug-likeness (QED) is 0.127. The summed E-state index contributed by atoms with van der Waals surface area (Å²) in [5.74, 6) is -8.17. The van der Waals surface area contributed by atoms with Crippen LogP contribution in [0.3, 0.4) is 0 Å². The van der Waals surface area contributed by atoms with E-state index in [4.69, 9.17) is 14.2 Å². The molecule has 0 heterocycles. The van der Waals surface area contributed by atoms with Gasteiger partial charge in [-0.15, -0.1) is 0 Å².